The molecule has 0 atom stereocenters. The summed E-state index contributed by atoms with van der Waals surface area (Å²) in [4.78, 5) is 17.5. The highest BCUT2D eigenvalue weighted by molar-refractivity contribution is 5.94. The lowest BCUT2D eigenvalue weighted by atomic mass is 10.1. The number of nitrogens with one attached hydrogen (secondary N) is 1. The summed E-state index contributed by atoms with van der Waals surface area (Å²) in [6.45, 7) is 6.02. The maximum absolute atomic E-state index is 12.7. The van der Waals surface area contributed by atoms with Gasteiger partial charge in [0.15, 0.2) is 11.5 Å². The van der Waals surface area contributed by atoms with Crippen LogP contribution in [0.1, 0.15) is 33.7 Å². The van der Waals surface area contributed by atoms with E-state index in [1.54, 1.807) is 32.4 Å². The van der Waals surface area contributed by atoms with Crippen LogP contribution in [-0.4, -0.2) is 42.8 Å². The Morgan fingerprint density at radius 1 is 0.944 bits per heavy atom. The molecule has 0 bridgehead atoms. The number of benzene rings is 3. The fraction of sp³-hybridized carbons (Fsp3) is 0.310. The number of carbonyl (C=O) groups is 1. The van der Waals surface area contributed by atoms with Crippen molar-refractivity contribution >= 4 is 16.9 Å². The van der Waals surface area contributed by atoms with Gasteiger partial charge in [-0.3, -0.25) is 4.79 Å². The van der Waals surface area contributed by atoms with Crippen LogP contribution in [0.5, 0.6) is 17.2 Å². The first kappa shape index (κ1) is 25.1. The average molecular weight is 488 g/mol. The summed E-state index contributed by atoms with van der Waals surface area (Å²) in [5, 5.41) is 2.99. The normalized spacial score (nSPS) is 10.9. The summed E-state index contributed by atoms with van der Waals surface area (Å²) in [5.41, 5.74) is 4.94. The molecule has 1 aromatic heterocycles. The highest BCUT2D eigenvalue weighted by atomic mass is 16.5. The lowest BCUT2D eigenvalue weighted by Gasteiger charge is -2.13. The van der Waals surface area contributed by atoms with Crippen LogP contribution in [0.2, 0.25) is 0 Å². The molecule has 0 saturated heterocycles. The molecule has 0 radical (unpaired) electrons. The van der Waals surface area contributed by atoms with Crippen LogP contribution >= 0.6 is 0 Å². The molecule has 1 N–H and O–H groups in total. The molecule has 0 unspecified atom stereocenters. The van der Waals surface area contributed by atoms with Crippen molar-refractivity contribution in [1.82, 2.24) is 14.9 Å². The SMILES string of the molecule is COc1ccc(C(=O)NCCc2nc3ccccc3n2CCCOc2ccc(C)cc2C)cc1OC. The second kappa shape index (κ2) is 11.6. The van der Waals surface area contributed by atoms with Crippen LogP contribution < -0.4 is 19.5 Å². The van der Waals surface area contributed by atoms with Crippen molar-refractivity contribution in [3.8, 4) is 17.2 Å². The second-order valence-corrected chi connectivity index (χ2v) is 8.72. The average Bonchev–Trinajstić information content (AvgIpc) is 3.24. The number of carbonyl (C=O) groups excluding carboxylic acids is 1. The number of ether oxygens (including phenoxy) is 3. The minimum absolute atomic E-state index is 0.166. The van der Waals surface area contributed by atoms with Crippen molar-refractivity contribution in [1.29, 1.82) is 0 Å². The Bertz CT molecular complexity index is 1350. The minimum atomic E-state index is -0.166. The molecule has 1 amide bonds. The molecule has 0 saturated carbocycles. The Hall–Kier alpha value is -4.00. The summed E-state index contributed by atoms with van der Waals surface area (Å²) >= 11 is 0. The largest absolute Gasteiger partial charge is 0.493 e. The molecule has 0 fully saturated rings. The van der Waals surface area contributed by atoms with Gasteiger partial charge in [0, 0.05) is 25.1 Å². The predicted molar refractivity (Wildman–Crippen MR) is 141 cm³/mol. The fourth-order valence-corrected chi connectivity index (χ4v) is 4.30. The van der Waals surface area contributed by atoms with Crippen LogP contribution in [0.4, 0.5) is 0 Å². The molecule has 7 nitrogen and oxygen atoms in total. The van der Waals surface area contributed by atoms with Crippen LogP contribution in [-0.2, 0) is 13.0 Å². The fourth-order valence-electron chi connectivity index (χ4n) is 4.30. The second-order valence-electron chi connectivity index (χ2n) is 8.72. The molecular weight excluding hydrogens is 454 g/mol. The first-order valence-corrected chi connectivity index (χ1v) is 12.1. The van der Waals surface area contributed by atoms with Gasteiger partial charge in [0.05, 0.1) is 31.9 Å². The monoisotopic (exact) mass is 487 g/mol. The Morgan fingerprint density at radius 3 is 2.50 bits per heavy atom. The summed E-state index contributed by atoms with van der Waals surface area (Å²) in [6.07, 6.45) is 1.46. The molecule has 0 spiro atoms. The molecule has 7 heteroatoms. The van der Waals surface area contributed by atoms with E-state index in [4.69, 9.17) is 19.2 Å². The van der Waals surface area contributed by atoms with Crippen molar-refractivity contribution in [2.75, 3.05) is 27.4 Å². The van der Waals surface area contributed by atoms with Gasteiger partial charge >= 0.3 is 0 Å². The molecule has 0 aliphatic rings. The third kappa shape index (κ3) is 5.79. The molecular formula is C29H33N3O4. The standard InChI is InChI=1S/C29H33N3O4/c1-20-10-12-25(21(2)18-20)36-17-7-16-32-24-9-6-5-8-23(24)31-28(32)14-15-30-29(33)22-11-13-26(34-3)27(19-22)35-4/h5-6,8-13,18-19H,7,14-17H2,1-4H3,(H,30,33). The minimum Gasteiger partial charge on any atom is -0.493 e. The summed E-state index contributed by atoms with van der Waals surface area (Å²) in [6, 6.07) is 19.5. The maximum Gasteiger partial charge on any atom is 0.251 e. The maximum atomic E-state index is 12.7. The lowest BCUT2D eigenvalue weighted by molar-refractivity contribution is 0.0953. The Kier molecular flexibility index (Phi) is 8.10. The zero-order chi connectivity index (χ0) is 25.5. The van der Waals surface area contributed by atoms with Gasteiger partial charge in [0.1, 0.15) is 11.6 Å². The quantitative estimate of drug-likeness (QED) is 0.298. The van der Waals surface area contributed by atoms with Gasteiger partial charge in [-0.1, -0.05) is 29.8 Å². The number of imidazole rings is 1. The number of hydrogen-bond donors (Lipinski definition) is 1. The van der Waals surface area contributed by atoms with Crippen LogP contribution in [0.15, 0.2) is 60.7 Å². The van der Waals surface area contributed by atoms with E-state index in [-0.39, 0.29) is 5.91 Å². The van der Waals surface area contributed by atoms with E-state index < -0.39 is 0 Å². The zero-order valence-electron chi connectivity index (χ0n) is 21.3. The van der Waals surface area contributed by atoms with Crippen LogP contribution in [0, 0.1) is 13.8 Å². The molecule has 3 aromatic carbocycles. The van der Waals surface area contributed by atoms with Crippen LogP contribution in [0.25, 0.3) is 11.0 Å². The van der Waals surface area contributed by atoms with Crippen molar-refractivity contribution in [2.24, 2.45) is 0 Å². The number of aromatic nitrogens is 2. The van der Waals surface area contributed by atoms with Gasteiger partial charge in [-0.05, 0) is 62.2 Å². The third-order valence-corrected chi connectivity index (χ3v) is 6.13. The topological polar surface area (TPSA) is 74.6 Å². The number of hydrogen-bond acceptors (Lipinski definition) is 5. The smallest absolute Gasteiger partial charge is 0.251 e. The summed E-state index contributed by atoms with van der Waals surface area (Å²) in [7, 11) is 3.12. The first-order chi connectivity index (χ1) is 17.5. The van der Waals surface area contributed by atoms with Crippen molar-refractivity contribution in [2.45, 2.75) is 33.2 Å². The Morgan fingerprint density at radius 2 is 1.72 bits per heavy atom. The van der Waals surface area contributed by atoms with Gasteiger partial charge in [0.25, 0.3) is 5.91 Å². The van der Waals surface area contributed by atoms with E-state index in [1.807, 2.05) is 24.3 Å². The number of nitrogens with zero attached hydrogens (tertiary/aromatic N) is 2. The van der Waals surface area contributed by atoms with Crippen molar-refractivity contribution in [3.05, 3.63) is 83.2 Å². The first-order valence-electron chi connectivity index (χ1n) is 12.1. The van der Waals surface area contributed by atoms with Gasteiger partial charge in [-0.2, -0.15) is 0 Å². The number of methoxy groups -OCH3 is 2. The van der Waals surface area contributed by atoms with E-state index in [9.17, 15) is 4.79 Å². The van der Waals surface area contributed by atoms with Crippen LogP contribution in [0.3, 0.4) is 0 Å². The molecule has 0 aliphatic heterocycles. The lowest BCUT2D eigenvalue weighted by Crippen LogP contribution is -2.26. The number of aryl methyl sites for hydroxylation is 3. The van der Waals surface area contributed by atoms with Gasteiger partial charge in [0.2, 0.25) is 0 Å². The third-order valence-electron chi connectivity index (χ3n) is 6.13. The van der Waals surface area contributed by atoms with E-state index in [2.05, 4.69) is 41.9 Å². The van der Waals surface area contributed by atoms with E-state index in [0.717, 1.165) is 41.1 Å². The molecule has 0 aliphatic carbocycles. The highest BCUT2D eigenvalue weighted by Crippen LogP contribution is 2.27. The van der Waals surface area contributed by atoms with Gasteiger partial charge in [-0.15, -0.1) is 0 Å². The van der Waals surface area contributed by atoms with E-state index >= 15 is 0 Å². The number of fused-ring (bicyclic) bond motifs is 1. The summed E-state index contributed by atoms with van der Waals surface area (Å²) < 4.78 is 18.8. The molecule has 188 valence electrons. The predicted octanol–water partition coefficient (Wildman–Crippen LogP) is 5.11. The Balaban J connectivity index is 1.38. The molecule has 36 heavy (non-hydrogen) atoms. The van der Waals surface area contributed by atoms with Crippen molar-refractivity contribution < 1.29 is 19.0 Å². The highest BCUT2D eigenvalue weighted by Gasteiger charge is 2.13. The van der Waals surface area contributed by atoms with Gasteiger partial charge < -0.3 is 24.1 Å². The molecule has 1 heterocycles. The van der Waals surface area contributed by atoms with Gasteiger partial charge in [-0.25, -0.2) is 4.98 Å². The van der Waals surface area contributed by atoms with Crippen molar-refractivity contribution in [3.63, 3.8) is 0 Å². The number of para-hydroxylation sites is 2. The van der Waals surface area contributed by atoms with E-state index in [1.165, 1.54) is 5.56 Å². The number of amides is 1. The van der Waals surface area contributed by atoms with E-state index in [0.29, 0.717) is 36.6 Å². The Labute approximate surface area is 212 Å². The number of rotatable bonds is 11. The molecule has 4 rings (SSSR count). The molecule has 4 aromatic rings. The zero-order valence-corrected chi connectivity index (χ0v) is 21.3. The summed E-state index contributed by atoms with van der Waals surface area (Å²) in [5.74, 6) is 2.81.